The van der Waals surface area contributed by atoms with Crippen molar-refractivity contribution in [2.24, 2.45) is 27.2 Å². The van der Waals surface area contributed by atoms with E-state index in [1.165, 1.54) is 0 Å². The Morgan fingerprint density at radius 3 is 2.64 bits per heavy atom. The zero-order chi connectivity index (χ0) is 29.7. The van der Waals surface area contributed by atoms with Gasteiger partial charge in [0.25, 0.3) is 11.7 Å². The van der Waals surface area contributed by atoms with Gasteiger partial charge in [-0.2, -0.15) is 24.0 Å². The van der Waals surface area contributed by atoms with E-state index in [4.69, 9.17) is 15.6 Å². The molecule has 4 aliphatic heterocycles. The average Bonchev–Trinajstić information content (AvgIpc) is 3.28. The lowest BCUT2D eigenvalue weighted by Gasteiger charge is -2.42. The van der Waals surface area contributed by atoms with Crippen molar-refractivity contribution in [3.05, 3.63) is 83.1 Å². The molecule has 2 atom stereocenters. The highest BCUT2D eigenvalue weighted by molar-refractivity contribution is 6.05. The highest BCUT2D eigenvalue weighted by Gasteiger charge is 2.48. The molecule has 0 radical (unpaired) electrons. The minimum Gasteiger partial charge on any atom is -0.379 e. The van der Waals surface area contributed by atoms with E-state index in [2.05, 4.69) is 15.3 Å². The number of piperidine rings is 1. The summed E-state index contributed by atoms with van der Waals surface area (Å²) >= 11 is 0. The SMILES string of the molecule is CC1(C(=O)N2CCC[C@@H](C3=C4C=NC=C[N+]4(N)C(c4ccc(C(=O)Nc5cc(C(F)(F)F)ccn5)cc4)=N3)C2)COC1. The van der Waals surface area contributed by atoms with E-state index in [0.29, 0.717) is 43.4 Å². The fraction of sp³-hybridized carbons (Fsp3) is 0.345. The number of benzene rings is 1. The van der Waals surface area contributed by atoms with Gasteiger partial charge >= 0.3 is 6.18 Å². The third-order valence-electron chi connectivity index (χ3n) is 8.01. The largest absolute Gasteiger partial charge is 0.416 e. The summed E-state index contributed by atoms with van der Waals surface area (Å²) in [6.07, 6.45) is 3.12. The molecule has 13 heteroatoms. The lowest BCUT2D eigenvalue weighted by molar-refractivity contribution is -0.750. The summed E-state index contributed by atoms with van der Waals surface area (Å²) in [5.74, 6) is 6.63. The van der Waals surface area contributed by atoms with Crippen LogP contribution in [0, 0.1) is 11.3 Å². The van der Waals surface area contributed by atoms with Gasteiger partial charge in [-0.15, -0.1) is 4.59 Å². The minimum atomic E-state index is -4.55. The first-order valence-electron chi connectivity index (χ1n) is 13.5. The van der Waals surface area contributed by atoms with Gasteiger partial charge in [0.15, 0.2) is 0 Å². The van der Waals surface area contributed by atoms with Crippen LogP contribution < -0.4 is 11.2 Å². The molecule has 2 fully saturated rings. The number of halogens is 3. The summed E-state index contributed by atoms with van der Waals surface area (Å²) in [4.78, 5) is 41.0. The van der Waals surface area contributed by atoms with E-state index < -0.39 is 23.1 Å². The van der Waals surface area contributed by atoms with E-state index in [1.807, 2.05) is 11.8 Å². The van der Waals surface area contributed by atoms with E-state index in [1.54, 1.807) is 42.9 Å². The number of allylic oxidation sites excluding steroid dienone is 1. The summed E-state index contributed by atoms with van der Waals surface area (Å²) in [6.45, 7) is 3.98. The highest BCUT2D eigenvalue weighted by Crippen LogP contribution is 2.39. The summed E-state index contributed by atoms with van der Waals surface area (Å²) in [5, 5.41) is 2.41. The quantitative estimate of drug-likeness (QED) is 0.411. The summed E-state index contributed by atoms with van der Waals surface area (Å²) in [7, 11) is 0. The number of amidine groups is 1. The highest BCUT2D eigenvalue weighted by atomic mass is 19.4. The Bertz CT molecular complexity index is 1560. The van der Waals surface area contributed by atoms with Crippen LogP contribution in [0.3, 0.4) is 0 Å². The van der Waals surface area contributed by atoms with Crippen LogP contribution in [-0.4, -0.2) is 64.6 Å². The maximum absolute atomic E-state index is 13.2. The number of nitrogens with zero attached hydrogens (tertiary/aromatic N) is 5. The first kappa shape index (κ1) is 27.9. The lowest BCUT2D eigenvalue weighted by atomic mass is 9.85. The van der Waals surface area contributed by atoms with Crippen molar-refractivity contribution in [1.29, 1.82) is 0 Å². The average molecular weight is 581 g/mol. The number of fused-ring (bicyclic) bond motifs is 1. The van der Waals surface area contributed by atoms with Gasteiger partial charge in [-0.05, 0) is 56.2 Å². The predicted octanol–water partition coefficient (Wildman–Crippen LogP) is 3.85. The number of alkyl halides is 3. The van der Waals surface area contributed by atoms with E-state index in [0.717, 1.165) is 36.9 Å². The van der Waals surface area contributed by atoms with Gasteiger partial charge < -0.3 is 15.0 Å². The van der Waals surface area contributed by atoms with Crippen molar-refractivity contribution in [3.63, 3.8) is 0 Å². The van der Waals surface area contributed by atoms with Crippen molar-refractivity contribution in [2.75, 3.05) is 31.6 Å². The van der Waals surface area contributed by atoms with E-state index in [-0.39, 0.29) is 27.8 Å². The number of rotatable bonds is 5. The predicted molar refractivity (Wildman–Crippen MR) is 148 cm³/mol. The summed E-state index contributed by atoms with van der Waals surface area (Å²) in [5.41, 5.74) is 0.958. The zero-order valence-electron chi connectivity index (χ0n) is 22.8. The molecular weight excluding hydrogens is 551 g/mol. The molecule has 42 heavy (non-hydrogen) atoms. The van der Waals surface area contributed by atoms with Gasteiger partial charge in [0.1, 0.15) is 17.7 Å². The number of aliphatic imine (C=N–C) groups is 2. The monoisotopic (exact) mass is 580 g/mol. The number of nitrogens with one attached hydrogen (secondary N) is 1. The lowest BCUT2D eigenvalue weighted by Crippen LogP contribution is -2.55. The molecule has 5 heterocycles. The van der Waals surface area contributed by atoms with Gasteiger partial charge in [0, 0.05) is 30.8 Å². The molecule has 2 aromatic rings. The normalized spacial score (nSPS) is 24.6. The van der Waals surface area contributed by atoms with Crippen LogP contribution in [0.4, 0.5) is 19.0 Å². The van der Waals surface area contributed by atoms with Gasteiger partial charge in [-0.1, -0.05) is 0 Å². The van der Waals surface area contributed by atoms with Crippen LogP contribution in [0.25, 0.3) is 0 Å². The number of nitrogens with two attached hydrogens (primary N) is 1. The maximum Gasteiger partial charge on any atom is 0.416 e. The molecule has 1 aromatic carbocycles. The maximum atomic E-state index is 13.2. The van der Waals surface area contributed by atoms with Crippen molar-refractivity contribution in [3.8, 4) is 0 Å². The van der Waals surface area contributed by atoms with Gasteiger partial charge in [-0.25, -0.2) is 4.98 Å². The first-order valence-corrected chi connectivity index (χ1v) is 13.5. The summed E-state index contributed by atoms with van der Waals surface area (Å²) < 4.78 is 44.2. The van der Waals surface area contributed by atoms with Crippen molar-refractivity contribution in [1.82, 2.24) is 9.88 Å². The molecule has 2 saturated heterocycles. The minimum absolute atomic E-state index is 0.0381. The second kappa shape index (κ2) is 10.3. The van der Waals surface area contributed by atoms with Crippen molar-refractivity contribution >= 4 is 29.7 Å². The zero-order valence-corrected chi connectivity index (χ0v) is 22.8. The first-order chi connectivity index (χ1) is 20.0. The Labute approximate surface area is 239 Å². The van der Waals surface area contributed by atoms with Gasteiger partial charge in [-0.3, -0.25) is 14.6 Å². The van der Waals surface area contributed by atoms with Gasteiger partial charge in [0.05, 0.1) is 42.2 Å². The third-order valence-corrected chi connectivity index (χ3v) is 8.01. The van der Waals surface area contributed by atoms with Crippen molar-refractivity contribution < 1.29 is 32.1 Å². The van der Waals surface area contributed by atoms with E-state index in [9.17, 15) is 22.8 Å². The number of pyridine rings is 1. The Morgan fingerprint density at radius 1 is 1.19 bits per heavy atom. The van der Waals surface area contributed by atoms with Gasteiger partial charge in [0.2, 0.25) is 11.6 Å². The number of likely N-dealkylation sites (tertiary alicyclic amines) is 1. The number of hydrogen-bond donors (Lipinski definition) is 2. The van der Waals surface area contributed by atoms with Crippen LogP contribution >= 0.6 is 0 Å². The topological polar surface area (TPSA) is 122 Å². The number of ether oxygens (including phenoxy) is 1. The summed E-state index contributed by atoms with van der Waals surface area (Å²) in [6, 6.07) is 8.09. The molecule has 4 aliphatic rings. The smallest absolute Gasteiger partial charge is 0.379 e. The second-order valence-electron chi connectivity index (χ2n) is 11.2. The Balaban J connectivity index is 1.23. The van der Waals surface area contributed by atoms with Crippen LogP contribution in [0.2, 0.25) is 0 Å². The third kappa shape index (κ3) is 4.93. The molecule has 218 valence electrons. The fourth-order valence-corrected chi connectivity index (χ4v) is 5.64. The number of quaternary nitrogens is 1. The van der Waals surface area contributed by atoms with Crippen molar-refractivity contribution in [2.45, 2.75) is 25.9 Å². The number of hydrogen-bond acceptors (Lipinski definition) is 7. The molecule has 0 spiro atoms. The molecule has 10 nitrogen and oxygen atoms in total. The van der Waals surface area contributed by atoms with Crippen LogP contribution in [0.5, 0.6) is 0 Å². The number of carbonyl (C=O) groups is 2. The molecule has 1 aromatic heterocycles. The molecule has 3 N–H and O–H groups in total. The second-order valence-corrected chi connectivity index (χ2v) is 11.2. The Kier molecular flexibility index (Phi) is 6.83. The number of anilines is 1. The molecule has 0 aliphatic carbocycles. The standard InChI is InChI=1S/C29H28F3N7O3/c1-28(16-42-17-28)27(41)38-11-2-3-20(15-38)24-22-14-34-10-12-39(22,33)25(37-24)18-4-6-19(7-5-18)26(40)36-23-13-21(8-9-35-23)29(30,31)32/h4-10,12-14,20H,2-3,11,15-17,33H2,1H3/p+1/t20-,39?/m1/s1. The molecule has 0 bridgehead atoms. The number of amides is 2. The molecule has 2 amide bonds. The molecule has 6 rings (SSSR count). The Morgan fingerprint density at radius 2 is 1.95 bits per heavy atom. The molecule has 1 unspecified atom stereocenters. The van der Waals surface area contributed by atoms with Crippen LogP contribution in [-0.2, 0) is 15.7 Å². The van der Waals surface area contributed by atoms with Crippen LogP contribution in [0.15, 0.2) is 76.4 Å². The molecular formula is C29H29F3N7O3+. The molecule has 0 saturated carbocycles. The number of aromatic nitrogens is 1. The fourth-order valence-electron chi connectivity index (χ4n) is 5.64. The number of carbonyl (C=O) groups excluding carboxylic acids is 2. The van der Waals surface area contributed by atoms with E-state index >= 15 is 0 Å². The van der Waals surface area contributed by atoms with Crippen LogP contribution in [0.1, 0.15) is 41.3 Å². The Hall–Kier alpha value is -4.20.